The quantitative estimate of drug-likeness (QED) is 0.130. The Bertz CT molecular complexity index is 1690. The fourth-order valence-electron chi connectivity index (χ4n) is 4.49. The van der Waals surface area contributed by atoms with Gasteiger partial charge in [0, 0.05) is 22.8 Å². The van der Waals surface area contributed by atoms with E-state index in [1.54, 1.807) is 0 Å². The number of hydrogen-bond donors (Lipinski definition) is 3. The number of benzene rings is 1. The molecule has 3 aromatic rings. The first-order chi connectivity index (χ1) is 20.0. The molecule has 5 rings (SSSR count). The van der Waals surface area contributed by atoms with Gasteiger partial charge in [0.25, 0.3) is 11.8 Å². The van der Waals surface area contributed by atoms with E-state index in [-0.39, 0.29) is 29.5 Å². The SMILES string of the molecule is CC(C)(O/N=C(\C(=O)NC1C(=O)N2C(C(=O)[O-])=C(C[n+]3ccc4ccccc4c3)CS[C@H]12)c1cccc(N)n1)C(=O)O. The third kappa shape index (κ3) is 5.48. The van der Waals surface area contributed by atoms with Crippen LogP contribution < -0.4 is 20.7 Å². The number of nitrogens with zero attached hydrogens (tertiary/aromatic N) is 4. The molecule has 0 spiro atoms. The Hall–Kier alpha value is -4.98. The Labute approximate surface area is 243 Å². The van der Waals surface area contributed by atoms with Crippen LogP contribution in [-0.4, -0.2) is 67.2 Å². The first-order valence-corrected chi connectivity index (χ1v) is 13.8. The van der Waals surface area contributed by atoms with E-state index in [1.807, 2.05) is 47.3 Å². The molecule has 42 heavy (non-hydrogen) atoms. The van der Waals surface area contributed by atoms with Crippen molar-refractivity contribution in [2.75, 3.05) is 11.5 Å². The average Bonchev–Trinajstić information content (AvgIpc) is 2.95. The summed E-state index contributed by atoms with van der Waals surface area (Å²) in [4.78, 5) is 60.5. The van der Waals surface area contributed by atoms with E-state index in [9.17, 15) is 29.4 Å². The Morgan fingerprint density at radius 2 is 1.95 bits per heavy atom. The number of carboxylic acid groups (broad SMARTS) is 2. The number of nitrogen functional groups attached to an aromatic ring is 1. The Kier molecular flexibility index (Phi) is 7.56. The number of rotatable bonds is 9. The maximum absolute atomic E-state index is 13.3. The fourth-order valence-corrected chi connectivity index (χ4v) is 5.82. The first kappa shape index (κ1) is 28.5. The van der Waals surface area contributed by atoms with Gasteiger partial charge in [-0.2, -0.15) is 0 Å². The van der Waals surface area contributed by atoms with Gasteiger partial charge in [0.2, 0.25) is 5.60 Å². The van der Waals surface area contributed by atoms with Crippen molar-refractivity contribution in [3.8, 4) is 0 Å². The normalized spacial score (nSPS) is 18.8. The van der Waals surface area contributed by atoms with Gasteiger partial charge in [0.1, 0.15) is 22.9 Å². The number of carbonyl (C=O) groups excluding carboxylic acids is 3. The summed E-state index contributed by atoms with van der Waals surface area (Å²) in [6.07, 6.45) is 3.73. The molecule has 0 radical (unpaired) electrons. The summed E-state index contributed by atoms with van der Waals surface area (Å²) in [6, 6.07) is 13.0. The van der Waals surface area contributed by atoms with Gasteiger partial charge in [-0.05, 0) is 37.4 Å². The number of hydrogen-bond acceptors (Lipinski definition) is 10. The molecule has 1 aromatic carbocycles. The second-order valence-corrected chi connectivity index (χ2v) is 11.2. The number of aromatic nitrogens is 2. The molecule has 1 unspecified atom stereocenters. The number of thioether (sulfide) groups is 1. The van der Waals surface area contributed by atoms with Gasteiger partial charge >= 0.3 is 5.97 Å². The van der Waals surface area contributed by atoms with E-state index >= 15 is 0 Å². The lowest BCUT2D eigenvalue weighted by Crippen LogP contribution is -2.71. The highest BCUT2D eigenvalue weighted by atomic mass is 32.2. The lowest BCUT2D eigenvalue weighted by atomic mass is 10.0. The molecule has 2 atom stereocenters. The molecule has 1 saturated heterocycles. The zero-order valence-corrected chi connectivity index (χ0v) is 23.3. The van der Waals surface area contributed by atoms with Crippen LogP contribution in [0.25, 0.3) is 10.8 Å². The molecule has 4 N–H and O–H groups in total. The highest BCUT2D eigenvalue weighted by Gasteiger charge is 2.53. The smallest absolute Gasteiger partial charge is 0.350 e. The van der Waals surface area contributed by atoms with Gasteiger partial charge in [-0.15, -0.1) is 11.8 Å². The van der Waals surface area contributed by atoms with Crippen molar-refractivity contribution in [1.29, 1.82) is 0 Å². The first-order valence-electron chi connectivity index (χ1n) is 12.8. The van der Waals surface area contributed by atoms with E-state index in [1.165, 1.54) is 43.8 Å². The van der Waals surface area contributed by atoms with Gasteiger partial charge in [0.15, 0.2) is 24.7 Å². The molecule has 0 saturated carbocycles. The molecule has 2 aliphatic rings. The number of oxime groups is 1. The van der Waals surface area contributed by atoms with Crippen LogP contribution in [0.1, 0.15) is 19.5 Å². The summed E-state index contributed by atoms with van der Waals surface area (Å²) in [7, 11) is 0. The van der Waals surface area contributed by atoms with Crippen molar-refractivity contribution in [3.63, 3.8) is 0 Å². The lowest BCUT2D eigenvalue weighted by molar-refractivity contribution is -0.687. The lowest BCUT2D eigenvalue weighted by Gasteiger charge is -2.50. The molecule has 1 fully saturated rings. The minimum Gasteiger partial charge on any atom is -0.543 e. The van der Waals surface area contributed by atoms with Gasteiger partial charge < -0.3 is 30.9 Å². The van der Waals surface area contributed by atoms with Crippen LogP contribution in [-0.2, 0) is 30.6 Å². The molecule has 216 valence electrons. The summed E-state index contributed by atoms with van der Waals surface area (Å²) in [5, 5.41) is 29.2. The Balaban J connectivity index is 1.38. The van der Waals surface area contributed by atoms with Crippen LogP contribution in [0.15, 0.2) is 77.4 Å². The molecule has 2 aliphatic heterocycles. The fraction of sp³-hybridized carbons (Fsp3) is 0.250. The molecule has 0 aliphatic carbocycles. The number of carbonyl (C=O) groups is 4. The molecule has 0 bridgehead atoms. The number of pyridine rings is 2. The van der Waals surface area contributed by atoms with E-state index in [2.05, 4.69) is 15.5 Å². The van der Waals surface area contributed by atoms with Crippen LogP contribution in [0.3, 0.4) is 0 Å². The predicted molar refractivity (Wildman–Crippen MR) is 149 cm³/mol. The zero-order valence-electron chi connectivity index (χ0n) is 22.5. The van der Waals surface area contributed by atoms with Gasteiger partial charge in [0.05, 0.1) is 11.7 Å². The molecular weight excluding hydrogens is 564 g/mol. The molecule has 14 heteroatoms. The summed E-state index contributed by atoms with van der Waals surface area (Å²) < 4.78 is 1.84. The maximum Gasteiger partial charge on any atom is 0.350 e. The third-order valence-corrected chi connectivity index (χ3v) is 8.10. The highest BCUT2D eigenvalue weighted by molar-refractivity contribution is 8.00. The van der Waals surface area contributed by atoms with Gasteiger partial charge in [-0.1, -0.05) is 29.4 Å². The number of nitrogens with one attached hydrogen (secondary N) is 1. The number of amides is 2. The summed E-state index contributed by atoms with van der Waals surface area (Å²) in [6.45, 7) is 2.72. The maximum atomic E-state index is 13.3. The summed E-state index contributed by atoms with van der Waals surface area (Å²) in [5.41, 5.74) is 3.81. The number of nitrogens with two attached hydrogens (primary N) is 1. The van der Waals surface area contributed by atoms with Crippen molar-refractivity contribution in [1.82, 2.24) is 15.2 Å². The monoisotopic (exact) mass is 590 g/mol. The van der Waals surface area contributed by atoms with Crippen molar-refractivity contribution >= 4 is 57.8 Å². The second kappa shape index (κ2) is 11.1. The summed E-state index contributed by atoms with van der Waals surface area (Å²) in [5.74, 6) is -4.01. The summed E-state index contributed by atoms with van der Waals surface area (Å²) >= 11 is 1.29. The standard InChI is InChI=1S/C28H26N6O7S/c1-28(2,27(39)40)41-32-20(18-8-5-9-19(29)30-18)23(35)31-21-24(36)34-22(26(37)38)17(14-42-25(21)34)13-33-11-10-15-6-3-4-7-16(15)12-33/h3-12,21,25H,13-14H2,1-2H3,(H4-,29,30,31,35,37,38,39,40)/b32-20-/t21?,25-/m1/s1. The van der Waals surface area contributed by atoms with Crippen molar-refractivity contribution in [2.45, 2.75) is 37.4 Å². The van der Waals surface area contributed by atoms with E-state index < -0.39 is 46.5 Å². The molecule has 13 nitrogen and oxygen atoms in total. The molecule has 4 heterocycles. The van der Waals surface area contributed by atoms with Crippen LogP contribution in [0.5, 0.6) is 0 Å². The van der Waals surface area contributed by atoms with Crippen LogP contribution in [0.4, 0.5) is 5.82 Å². The average molecular weight is 591 g/mol. The predicted octanol–water partition coefficient (Wildman–Crippen LogP) is -0.207. The van der Waals surface area contributed by atoms with Crippen LogP contribution in [0.2, 0.25) is 0 Å². The van der Waals surface area contributed by atoms with Crippen LogP contribution >= 0.6 is 11.8 Å². The number of anilines is 1. The topological polar surface area (TPSA) is 191 Å². The van der Waals surface area contributed by atoms with E-state index in [0.29, 0.717) is 5.57 Å². The van der Waals surface area contributed by atoms with Gasteiger partial charge in [-0.25, -0.2) is 14.3 Å². The molecule has 2 amide bonds. The highest BCUT2D eigenvalue weighted by Crippen LogP contribution is 2.40. The third-order valence-electron chi connectivity index (χ3n) is 6.76. The number of aliphatic carboxylic acids is 2. The largest absolute Gasteiger partial charge is 0.543 e. The molecular formula is C28H26N6O7S. The van der Waals surface area contributed by atoms with E-state index in [0.717, 1.165) is 15.7 Å². The second-order valence-electron chi connectivity index (χ2n) is 10.1. The number of carboxylic acids is 2. The van der Waals surface area contributed by atoms with Crippen molar-refractivity contribution in [2.24, 2.45) is 5.16 Å². The van der Waals surface area contributed by atoms with Gasteiger partial charge in [-0.3, -0.25) is 14.5 Å². The zero-order chi connectivity index (χ0) is 30.2. The Morgan fingerprint density at radius 3 is 2.64 bits per heavy atom. The van der Waals surface area contributed by atoms with E-state index in [4.69, 9.17) is 10.6 Å². The minimum atomic E-state index is -1.78. The Morgan fingerprint density at radius 1 is 1.21 bits per heavy atom. The van der Waals surface area contributed by atoms with Crippen molar-refractivity contribution in [3.05, 3.63) is 77.9 Å². The number of β-lactam (4-membered cyclic amide) rings is 1. The minimum absolute atomic E-state index is 0.0152. The van der Waals surface area contributed by atoms with Crippen LogP contribution in [0, 0.1) is 0 Å². The molecule has 2 aromatic heterocycles. The number of fused-ring (bicyclic) bond motifs is 2. The van der Waals surface area contributed by atoms with Crippen molar-refractivity contribution < 1.29 is 38.8 Å².